The molecule has 0 aliphatic carbocycles. The van der Waals surface area contributed by atoms with E-state index >= 15 is 0 Å². The van der Waals surface area contributed by atoms with Crippen molar-refractivity contribution in [3.63, 3.8) is 0 Å². The summed E-state index contributed by atoms with van der Waals surface area (Å²) in [7, 11) is 1.98. The van der Waals surface area contributed by atoms with Crippen molar-refractivity contribution in [1.29, 1.82) is 0 Å². The van der Waals surface area contributed by atoms with E-state index in [4.69, 9.17) is 11.6 Å². The first-order valence-corrected chi connectivity index (χ1v) is 7.27. The fourth-order valence-corrected chi connectivity index (χ4v) is 2.85. The average Bonchev–Trinajstić information content (AvgIpc) is 2.37. The number of hydrogen-bond donors (Lipinski definition) is 1. The van der Waals surface area contributed by atoms with Crippen LogP contribution in [0.4, 0.5) is 0 Å². The molecule has 0 aliphatic heterocycles. The molecular formula is C15H15ClIN. The first-order valence-electron chi connectivity index (χ1n) is 5.81. The molecule has 0 bridgehead atoms. The lowest BCUT2D eigenvalue weighted by molar-refractivity contribution is 0.688. The second-order valence-electron chi connectivity index (χ2n) is 4.25. The predicted molar refractivity (Wildman–Crippen MR) is 86.3 cm³/mol. The Kier molecular flexibility index (Phi) is 4.65. The largest absolute Gasteiger partial charge is 0.309 e. The van der Waals surface area contributed by atoms with Crippen LogP contribution in [-0.2, 0) is 0 Å². The minimum Gasteiger partial charge on any atom is -0.309 e. The summed E-state index contributed by atoms with van der Waals surface area (Å²) < 4.78 is 1.31. The van der Waals surface area contributed by atoms with Gasteiger partial charge in [-0.15, -0.1) is 0 Å². The zero-order valence-corrected chi connectivity index (χ0v) is 13.3. The van der Waals surface area contributed by atoms with Crippen molar-refractivity contribution in [3.05, 3.63) is 67.7 Å². The number of halogens is 2. The maximum Gasteiger partial charge on any atom is 0.0584 e. The maximum absolute atomic E-state index is 5.94. The molecule has 1 N–H and O–H groups in total. The summed E-state index contributed by atoms with van der Waals surface area (Å²) >= 11 is 8.35. The first-order chi connectivity index (χ1) is 8.63. The smallest absolute Gasteiger partial charge is 0.0584 e. The van der Waals surface area contributed by atoms with Gasteiger partial charge in [-0.05, 0) is 65.4 Å². The van der Waals surface area contributed by atoms with Gasteiger partial charge in [0.05, 0.1) is 6.04 Å². The third-order valence-corrected chi connectivity index (χ3v) is 4.75. The minimum atomic E-state index is 0.203. The van der Waals surface area contributed by atoms with Crippen LogP contribution >= 0.6 is 34.2 Å². The Morgan fingerprint density at radius 2 is 1.78 bits per heavy atom. The lowest BCUT2D eigenvalue weighted by atomic mass is 9.97. The van der Waals surface area contributed by atoms with Gasteiger partial charge < -0.3 is 5.32 Å². The Morgan fingerprint density at radius 3 is 2.39 bits per heavy atom. The van der Waals surface area contributed by atoms with Crippen molar-refractivity contribution in [2.45, 2.75) is 13.0 Å². The molecule has 0 heterocycles. The van der Waals surface area contributed by atoms with Gasteiger partial charge in [0.25, 0.3) is 0 Å². The molecule has 3 heteroatoms. The normalized spacial score (nSPS) is 12.4. The summed E-state index contributed by atoms with van der Waals surface area (Å²) in [6.45, 7) is 2.14. The van der Waals surface area contributed by atoms with E-state index in [9.17, 15) is 0 Å². The zero-order valence-electron chi connectivity index (χ0n) is 10.4. The topological polar surface area (TPSA) is 12.0 Å². The molecule has 18 heavy (non-hydrogen) atoms. The van der Waals surface area contributed by atoms with Crippen LogP contribution in [0.25, 0.3) is 0 Å². The van der Waals surface area contributed by atoms with Crippen molar-refractivity contribution in [1.82, 2.24) is 5.32 Å². The number of benzene rings is 2. The van der Waals surface area contributed by atoms with Gasteiger partial charge in [0, 0.05) is 8.59 Å². The highest BCUT2D eigenvalue weighted by atomic mass is 127. The van der Waals surface area contributed by atoms with E-state index in [2.05, 4.69) is 65.2 Å². The van der Waals surface area contributed by atoms with Crippen molar-refractivity contribution in [3.8, 4) is 0 Å². The van der Waals surface area contributed by atoms with Crippen LogP contribution in [0, 0.1) is 10.5 Å². The Hall–Kier alpha value is -0.580. The van der Waals surface area contributed by atoms with Gasteiger partial charge in [-0.1, -0.05) is 41.9 Å². The van der Waals surface area contributed by atoms with Crippen molar-refractivity contribution in [2.75, 3.05) is 7.05 Å². The second kappa shape index (κ2) is 6.04. The standard InChI is InChI=1S/C15H15ClIN/c1-10-4-3-5-13(14(10)17)15(18-2)11-6-8-12(16)9-7-11/h3-9,15,18H,1-2H3. The third kappa shape index (κ3) is 2.87. The van der Waals surface area contributed by atoms with Crippen LogP contribution in [-0.4, -0.2) is 7.05 Å². The monoisotopic (exact) mass is 371 g/mol. The van der Waals surface area contributed by atoms with Gasteiger partial charge in [0.1, 0.15) is 0 Å². The SMILES string of the molecule is CNC(c1ccc(Cl)cc1)c1cccc(C)c1I. The summed E-state index contributed by atoms with van der Waals surface area (Å²) in [5.74, 6) is 0. The molecule has 1 atom stereocenters. The Bertz CT molecular complexity index is 537. The highest BCUT2D eigenvalue weighted by Crippen LogP contribution is 2.28. The Morgan fingerprint density at radius 1 is 1.11 bits per heavy atom. The number of hydrogen-bond acceptors (Lipinski definition) is 1. The van der Waals surface area contributed by atoms with Gasteiger partial charge in [0.2, 0.25) is 0 Å². The van der Waals surface area contributed by atoms with E-state index in [-0.39, 0.29) is 6.04 Å². The number of aryl methyl sites for hydroxylation is 1. The zero-order chi connectivity index (χ0) is 13.1. The van der Waals surface area contributed by atoms with Gasteiger partial charge >= 0.3 is 0 Å². The molecule has 0 amide bonds. The van der Waals surface area contributed by atoms with Crippen molar-refractivity contribution in [2.24, 2.45) is 0 Å². The Labute approximate surface area is 127 Å². The molecule has 0 saturated carbocycles. The minimum absolute atomic E-state index is 0.203. The first kappa shape index (κ1) is 13.8. The Balaban J connectivity index is 2.45. The van der Waals surface area contributed by atoms with Crippen LogP contribution in [0.2, 0.25) is 5.02 Å². The van der Waals surface area contributed by atoms with Gasteiger partial charge in [-0.25, -0.2) is 0 Å². The van der Waals surface area contributed by atoms with E-state index in [0.29, 0.717) is 0 Å². The molecule has 0 saturated heterocycles. The number of nitrogens with one attached hydrogen (secondary N) is 1. The van der Waals surface area contributed by atoms with Crippen molar-refractivity contribution < 1.29 is 0 Å². The molecule has 0 aromatic heterocycles. The highest BCUT2D eigenvalue weighted by molar-refractivity contribution is 14.1. The van der Waals surface area contributed by atoms with Crippen molar-refractivity contribution >= 4 is 34.2 Å². The highest BCUT2D eigenvalue weighted by Gasteiger charge is 2.15. The fourth-order valence-electron chi connectivity index (χ4n) is 2.05. The maximum atomic E-state index is 5.94. The van der Waals surface area contributed by atoms with Gasteiger partial charge in [0.15, 0.2) is 0 Å². The fraction of sp³-hybridized carbons (Fsp3) is 0.200. The van der Waals surface area contributed by atoms with E-state index in [0.717, 1.165) is 5.02 Å². The van der Waals surface area contributed by atoms with Crippen LogP contribution < -0.4 is 5.32 Å². The molecule has 94 valence electrons. The lowest BCUT2D eigenvalue weighted by Crippen LogP contribution is -2.19. The molecule has 2 aromatic carbocycles. The number of rotatable bonds is 3. The molecule has 2 rings (SSSR count). The van der Waals surface area contributed by atoms with E-state index in [1.807, 2.05) is 19.2 Å². The summed E-state index contributed by atoms with van der Waals surface area (Å²) in [5, 5.41) is 4.15. The molecule has 1 unspecified atom stereocenters. The third-order valence-electron chi connectivity index (χ3n) is 3.02. The summed E-state index contributed by atoms with van der Waals surface area (Å²) in [6, 6.07) is 14.6. The molecular weight excluding hydrogens is 357 g/mol. The molecule has 2 aromatic rings. The molecule has 0 fully saturated rings. The van der Waals surface area contributed by atoms with E-state index in [1.54, 1.807) is 0 Å². The van der Waals surface area contributed by atoms with Gasteiger partial charge in [-0.2, -0.15) is 0 Å². The van der Waals surface area contributed by atoms with Crippen LogP contribution in [0.3, 0.4) is 0 Å². The molecule has 0 aliphatic rings. The summed E-state index contributed by atoms with van der Waals surface area (Å²) in [5.41, 5.74) is 3.84. The van der Waals surface area contributed by atoms with Crippen LogP contribution in [0.15, 0.2) is 42.5 Å². The average molecular weight is 372 g/mol. The van der Waals surface area contributed by atoms with Crippen LogP contribution in [0.1, 0.15) is 22.7 Å². The quantitative estimate of drug-likeness (QED) is 0.780. The molecule has 1 nitrogen and oxygen atoms in total. The van der Waals surface area contributed by atoms with Gasteiger partial charge in [-0.3, -0.25) is 0 Å². The van der Waals surface area contributed by atoms with E-state index < -0.39 is 0 Å². The molecule has 0 spiro atoms. The summed E-state index contributed by atoms with van der Waals surface area (Å²) in [4.78, 5) is 0. The van der Waals surface area contributed by atoms with Crippen LogP contribution in [0.5, 0.6) is 0 Å². The lowest BCUT2D eigenvalue weighted by Gasteiger charge is -2.19. The molecule has 0 radical (unpaired) electrons. The second-order valence-corrected chi connectivity index (χ2v) is 5.77. The van der Waals surface area contributed by atoms with E-state index in [1.165, 1.54) is 20.3 Å². The summed E-state index contributed by atoms with van der Waals surface area (Å²) in [6.07, 6.45) is 0. The predicted octanol–water partition coefficient (Wildman–Crippen LogP) is 4.56.